The highest BCUT2D eigenvalue weighted by Gasteiger charge is 2.30. The lowest BCUT2D eigenvalue weighted by Crippen LogP contribution is -2.25. The van der Waals surface area contributed by atoms with Crippen LogP contribution in [-0.2, 0) is 0 Å². The Morgan fingerprint density at radius 3 is 2.49 bits per heavy atom. The zero-order valence-electron chi connectivity index (χ0n) is 22.0. The van der Waals surface area contributed by atoms with Gasteiger partial charge in [-0.05, 0) is 64.7 Å². The van der Waals surface area contributed by atoms with Crippen LogP contribution >= 0.6 is 0 Å². The number of hydrogen-bond acceptors (Lipinski definition) is 3. The molecule has 1 aliphatic heterocycles. The topological polar surface area (TPSA) is 48.5 Å². The minimum Gasteiger partial charge on any atom is -0.485 e. The van der Waals surface area contributed by atoms with Gasteiger partial charge in [0, 0.05) is 22.9 Å². The first-order valence-electron chi connectivity index (χ1n) is 13.9. The highest BCUT2D eigenvalue weighted by molar-refractivity contribution is 5.99. The molecule has 5 heteroatoms. The Kier molecular flexibility index (Phi) is 4.53. The summed E-state index contributed by atoms with van der Waals surface area (Å²) >= 11 is 0. The van der Waals surface area contributed by atoms with Crippen LogP contribution in [0.4, 0.5) is 0 Å². The molecule has 0 saturated heterocycles. The molecule has 3 heterocycles. The second kappa shape index (κ2) is 8.29. The third-order valence-electron chi connectivity index (χ3n) is 8.44. The van der Waals surface area contributed by atoms with Crippen LogP contribution in [0.3, 0.4) is 0 Å². The average Bonchev–Trinajstić information content (AvgIpc) is 3.42. The number of imidazole rings is 1. The number of para-hydroxylation sites is 4. The molecule has 0 bridgehead atoms. The number of rotatable bonds is 2. The molecule has 0 saturated carbocycles. The molecule has 0 N–H and O–H groups in total. The standard InChI is InChI=1S/C36H23N3O2/c40-36-38(23-9-2-1-3-10-23)31-21-22(17-18-28(31)35-37-29-13-5-6-14-30(29)39(35)36)24-19-20-27-25-11-4-7-15-32(25)41-33-16-8-12-26(24)34(27)33/h1-15,17-21,33H,16H2. The van der Waals surface area contributed by atoms with Crippen molar-refractivity contribution in [2.75, 3.05) is 0 Å². The molecular weight excluding hydrogens is 506 g/mol. The number of benzene rings is 5. The van der Waals surface area contributed by atoms with Crippen LogP contribution in [0, 0.1) is 0 Å². The fraction of sp³-hybridized carbons (Fsp3) is 0.0556. The highest BCUT2D eigenvalue weighted by Crippen LogP contribution is 2.49. The molecule has 9 rings (SSSR count). The van der Waals surface area contributed by atoms with Crippen LogP contribution in [-0.4, -0.2) is 14.0 Å². The molecule has 1 aliphatic carbocycles. The molecule has 194 valence electrons. The summed E-state index contributed by atoms with van der Waals surface area (Å²) in [4.78, 5) is 19.1. The Morgan fingerprint density at radius 2 is 1.56 bits per heavy atom. The van der Waals surface area contributed by atoms with Gasteiger partial charge in [0.15, 0.2) is 5.65 Å². The van der Waals surface area contributed by atoms with Crippen molar-refractivity contribution in [2.45, 2.75) is 12.5 Å². The van der Waals surface area contributed by atoms with Crippen molar-refractivity contribution in [3.63, 3.8) is 0 Å². The van der Waals surface area contributed by atoms with Gasteiger partial charge in [-0.1, -0.05) is 78.9 Å². The minimum atomic E-state index is -0.138. The summed E-state index contributed by atoms with van der Waals surface area (Å²) < 4.78 is 10.0. The van der Waals surface area contributed by atoms with Crippen molar-refractivity contribution in [1.29, 1.82) is 0 Å². The van der Waals surface area contributed by atoms with Crippen molar-refractivity contribution >= 4 is 33.7 Å². The first kappa shape index (κ1) is 22.4. The molecule has 0 spiro atoms. The van der Waals surface area contributed by atoms with Crippen LogP contribution in [0.15, 0.2) is 120 Å². The fourth-order valence-corrected chi connectivity index (χ4v) is 6.63. The number of hydrogen-bond donors (Lipinski definition) is 0. The average molecular weight is 530 g/mol. The predicted molar refractivity (Wildman–Crippen MR) is 164 cm³/mol. The number of aromatic nitrogens is 3. The van der Waals surface area contributed by atoms with E-state index >= 15 is 0 Å². The summed E-state index contributed by atoms with van der Waals surface area (Å²) in [6.45, 7) is 0. The lowest BCUT2D eigenvalue weighted by Gasteiger charge is -2.32. The van der Waals surface area contributed by atoms with E-state index in [9.17, 15) is 4.79 Å². The van der Waals surface area contributed by atoms with E-state index in [-0.39, 0.29) is 11.8 Å². The number of ether oxygens (including phenoxy) is 1. The van der Waals surface area contributed by atoms with Crippen LogP contribution in [0.5, 0.6) is 5.75 Å². The maximum absolute atomic E-state index is 14.2. The van der Waals surface area contributed by atoms with E-state index in [1.165, 1.54) is 16.7 Å². The van der Waals surface area contributed by atoms with Crippen molar-refractivity contribution < 1.29 is 4.74 Å². The van der Waals surface area contributed by atoms with Crippen molar-refractivity contribution in [3.05, 3.63) is 137 Å². The van der Waals surface area contributed by atoms with Gasteiger partial charge in [0.2, 0.25) is 0 Å². The first-order valence-corrected chi connectivity index (χ1v) is 13.9. The number of nitrogens with zero attached hydrogens (tertiary/aromatic N) is 3. The van der Waals surface area contributed by atoms with Gasteiger partial charge in [0.1, 0.15) is 11.9 Å². The van der Waals surface area contributed by atoms with Crippen LogP contribution in [0.25, 0.3) is 61.6 Å². The summed E-state index contributed by atoms with van der Waals surface area (Å²) in [6, 6.07) is 36.7. The maximum atomic E-state index is 14.2. The molecule has 41 heavy (non-hydrogen) atoms. The van der Waals surface area contributed by atoms with E-state index in [1.54, 1.807) is 4.40 Å². The molecule has 1 atom stereocenters. The van der Waals surface area contributed by atoms with E-state index in [1.807, 2.05) is 65.2 Å². The Bertz CT molecular complexity index is 2290. The van der Waals surface area contributed by atoms with Crippen molar-refractivity contribution in [3.8, 4) is 33.7 Å². The Balaban J connectivity index is 1.35. The molecule has 2 aliphatic rings. The van der Waals surface area contributed by atoms with E-state index in [4.69, 9.17) is 9.72 Å². The molecule has 2 aromatic heterocycles. The smallest absolute Gasteiger partial charge is 0.339 e. The summed E-state index contributed by atoms with van der Waals surface area (Å²) in [5, 5.41) is 0.922. The SMILES string of the molecule is O=c1n(-c2ccccc2)c2cc(-c3ccc4c5c3C=CCC5Oc3ccccc3-4)ccc2c2nc3ccccc3n12. The largest absolute Gasteiger partial charge is 0.485 e. The summed E-state index contributed by atoms with van der Waals surface area (Å²) in [5.74, 6) is 0.938. The molecule has 5 nitrogen and oxygen atoms in total. The van der Waals surface area contributed by atoms with Crippen molar-refractivity contribution in [1.82, 2.24) is 14.0 Å². The molecule has 0 fully saturated rings. The highest BCUT2D eigenvalue weighted by atomic mass is 16.5. The summed E-state index contributed by atoms with van der Waals surface area (Å²) in [6.07, 6.45) is 5.25. The molecule has 0 amide bonds. The second-order valence-corrected chi connectivity index (χ2v) is 10.7. The summed E-state index contributed by atoms with van der Waals surface area (Å²) in [7, 11) is 0. The molecule has 7 aromatic rings. The van der Waals surface area contributed by atoms with Gasteiger partial charge in [-0.15, -0.1) is 0 Å². The summed E-state index contributed by atoms with van der Waals surface area (Å²) in [5.41, 5.74) is 10.7. The van der Waals surface area contributed by atoms with E-state index in [0.717, 1.165) is 56.5 Å². The monoisotopic (exact) mass is 529 g/mol. The number of fused-ring (bicyclic) bond motifs is 7. The quantitative estimate of drug-likeness (QED) is 0.228. The Hall–Kier alpha value is -5.42. The van der Waals surface area contributed by atoms with Gasteiger partial charge in [-0.3, -0.25) is 4.57 Å². The minimum absolute atomic E-state index is 0.0141. The van der Waals surface area contributed by atoms with Gasteiger partial charge in [-0.2, -0.15) is 0 Å². The van der Waals surface area contributed by atoms with E-state index in [0.29, 0.717) is 5.65 Å². The van der Waals surface area contributed by atoms with E-state index < -0.39 is 0 Å². The van der Waals surface area contributed by atoms with Gasteiger partial charge in [0.05, 0.1) is 22.2 Å². The molecule has 0 radical (unpaired) electrons. The van der Waals surface area contributed by atoms with Crippen LogP contribution < -0.4 is 10.4 Å². The maximum Gasteiger partial charge on any atom is 0.339 e. The van der Waals surface area contributed by atoms with Gasteiger partial charge >= 0.3 is 5.69 Å². The Labute approximate surface area is 235 Å². The van der Waals surface area contributed by atoms with Crippen LogP contribution in [0.1, 0.15) is 23.7 Å². The first-order chi connectivity index (χ1) is 20.3. The third kappa shape index (κ3) is 3.11. The van der Waals surface area contributed by atoms with Gasteiger partial charge < -0.3 is 4.74 Å². The van der Waals surface area contributed by atoms with E-state index in [2.05, 4.69) is 60.7 Å². The predicted octanol–water partition coefficient (Wildman–Crippen LogP) is 7.98. The Morgan fingerprint density at radius 1 is 0.756 bits per heavy atom. The lowest BCUT2D eigenvalue weighted by molar-refractivity contribution is 0.204. The molecule has 5 aromatic carbocycles. The zero-order valence-corrected chi connectivity index (χ0v) is 22.0. The fourth-order valence-electron chi connectivity index (χ4n) is 6.63. The van der Waals surface area contributed by atoms with Gasteiger partial charge in [0.25, 0.3) is 0 Å². The zero-order chi connectivity index (χ0) is 27.1. The molecule has 1 unspecified atom stereocenters. The third-order valence-corrected chi connectivity index (χ3v) is 8.44. The van der Waals surface area contributed by atoms with Gasteiger partial charge in [-0.25, -0.2) is 14.2 Å². The normalized spacial score (nSPS) is 15.2. The van der Waals surface area contributed by atoms with Crippen LogP contribution in [0.2, 0.25) is 0 Å². The van der Waals surface area contributed by atoms with Crippen molar-refractivity contribution in [2.24, 2.45) is 0 Å². The lowest BCUT2D eigenvalue weighted by atomic mass is 9.81. The second-order valence-electron chi connectivity index (χ2n) is 10.7. The molecular formula is C36H23N3O2.